The molecule has 3 N–H and O–H groups in total. The number of nitrogens with two attached hydrogens (primary N) is 1. The van der Waals surface area contributed by atoms with Crippen molar-refractivity contribution in [3.8, 4) is 0 Å². The van der Waals surface area contributed by atoms with Crippen LogP contribution in [0.25, 0.3) is 0 Å². The van der Waals surface area contributed by atoms with Crippen LogP contribution in [0.4, 0.5) is 4.39 Å². The van der Waals surface area contributed by atoms with Crippen molar-refractivity contribution < 1.29 is 9.18 Å². The van der Waals surface area contributed by atoms with E-state index in [1.807, 2.05) is 6.92 Å². The number of halogens is 1. The van der Waals surface area contributed by atoms with Gasteiger partial charge in [-0.25, -0.2) is 4.39 Å². The number of benzene rings is 1. The van der Waals surface area contributed by atoms with E-state index in [0.717, 1.165) is 12.8 Å². The first-order chi connectivity index (χ1) is 8.04. The molecule has 0 spiro atoms. The third-order valence-electron chi connectivity index (χ3n) is 2.60. The molecule has 0 aliphatic rings. The molecule has 1 aromatic carbocycles. The van der Waals surface area contributed by atoms with Gasteiger partial charge in [0, 0.05) is 18.2 Å². The van der Waals surface area contributed by atoms with Gasteiger partial charge in [0.25, 0.3) is 5.91 Å². The SMILES string of the molecule is CCCC(N)CNC(=O)c1ccc(F)c(C)c1. The first-order valence-electron chi connectivity index (χ1n) is 5.84. The number of carbonyl (C=O) groups excluding carboxylic acids is 1. The summed E-state index contributed by atoms with van der Waals surface area (Å²) in [7, 11) is 0. The van der Waals surface area contributed by atoms with Crippen molar-refractivity contribution in [2.45, 2.75) is 32.7 Å². The van der Waals surface area contributed by atoms with Crippen molar-refractivity contribution in [3.63, 3.8) is 0 Å². The van der Waals surface area contributed by atoms with E-state index in [4.69, 9.17) is 5.73 Å². The average molecular weight is 238 g/mol. The van der Waals surface area contributed by atoms with E-state index >= 15 is 0 Å². The van der Waals surface area contributed by atoms with Crippen LogP contribution in [0.5, 0.6) is 0 Å². The molecule has 1 aromatic rings. The predicted molar refractivity (Wildman–Crippen MR) is 66.4 cm³/mol. The molecule has 0 bridgehead atoms. The van der Waals surface area contributed by atoms with Gasteiger partial charge in [0.05, 0.1) is 0 Å². The van der Waals surface area contributed by atoms with Gasteiger partial charge in [-0.2, -0.15) is 0 Å². The normalized spacial score (nSPS) is 12.2. The van der Waals surface area contributed by atoms with Crippen molar-refractivity contribution in [3.05, 3.63) is 35.1 Å². The molecule has 0 radical (unpaired) electrons. The highest BCUT2D eigenvalue weighted by atomic mass is 19.1. The Morgan fingerprint density at radius 3 is 2.82 bits per heavy atom. The van der Waals surface area contributed by atoms with Crippen LogP contribution in [-0.4, -0.2) is 18.5 Å². The smallest absolute Gasteiger partial charge is 0.251 e. The number of amides is 1. The second kappa shape index (κ2) is 6.35. The molecule has 1 rings (SSSR count). The van der Waals surface area contributed by atoms with Crippen molar-refractivity contribution in [2.75, 3.05) is 6.54 Å². The maximum Gasteiger partial charge on any atom is 0.251 e. The third kappa shape index (κ3) is 4.15. The summed E-state index contributed by atoms with van der Waals surface area (Å²) in [5, 5.41) is 2.74. The number of aryl methyl sites for hydroxylation is 1. The lowest BCUT2D eigenvalue weighted by molar-refractivity contribution is 0.0950. The Morgan fingerprint density at radius 2 is 2.24 bits per heavy atom. The zero-order valence-corrected chi connectivity index (χ0v) is 10.3. The van der Waals surface area contributed by atoms with E-state index in [1.165, 1.54) is 18.2 Å². The van der Waals surface area contributed by atoms with E-state index in [2.05, 4.69) is 5.32 Å². The van der Waals surface area contributed by atoms with E-state index in [1.54, 1.807) is 6.92 Å². The minimum atomic E-state index is -0.302. The second-order valence-electron chi connectivity index (χ2n) is 4.22. The van der Waals surface area contributed by atoms with Crippen LogP contribution in [0.3, 0.4) is 0 Å². The molecule has 0 saturated heterocycles. The summed E-state index contributed by atoms with van der Waals surface area (Å²) in [6, 6.07) is 4.29. The summed E-state index contributed by atoms with van der Waals surface area (Å²) >= 11 is 0. The standard InChI is InChI=1S/C13H19FN2O/c1-3-4-11(15)8-16-13(17)10-5-6-12(14)9(2)7-10/h5-7,11H,3-4,8,15H2,1-2H3,(H,16,17). The largest absolute Gasteiger partial charge is 0.350 e. The van der Waals surface area contributed by atoms with Gasteiger partial charge in [0.2, 0.25) is 0 Å². The van der Waals surface area contributed by atoms with Crippen LogP contribution in [-0.2, 0) is 0 Å². The molecule has 4 heteroatoms. The minimum absolute atomic E-state index is 0.0227. The number of carbonyl (C=O) groups is 1. The summed E-state index contributed by atoms with van der Waals surface area (Å²) in [6.07, 6.45) is 1.87. The molecule has 0 aliphatic carbocycles. The van der Waals surface area contributed by atoms with Gasteiger partial charge in [-0.1, -0.05) is 13.3 Å². The average Bonchev–Trinajstić information content (AvgIpc) is 2.30. The molecule has 0 heterocycles. The van der Waals surface area contributed by atoms with Crippen molar-refractivity contribution >= 4 is 5.91 Å². The van der Waals surface area contributed by atoms with Gasteiger partial charge in [0.1, 0.15) is 5.82 Å². The fourth-order valence-electron chi connectivity index (χ4n) is 1.58. The molecular formula is C13H19FN2O. The lowest BCUT2D eigenvalue weighted by Crippen LogP contribution is -2.37. The molecule has 0 aliphatic heterocycles. The lowest BCUT2D eigenvalue weighted by atomic mass is 10.1. The van der Waals surface area contributed by atoms with Crippen molar-refractivity contribution in [1.29, 1.82) is 0 Å². The van der Waals surface area contributed by atoms with Gasteiger partial charge in [0.15, 0.2) is 0 Å². The van der Waals surface area contributed by atoms with Crippen molar-refractivity contribution in [1.82, 2.24) is 5.32 Å². The van der Waals surface area contributed by atoms with Crippen LogP contribution in [0.1, 0.15) is 35.7 Å². The fourth-order valence-corrected chi connectivity index (χ4v) is 1.58. The zero-order valence-electron chi connectivity index (χ0n) is 10.3. The fraction of sp³-hybridized carbons (Fsp3) is 0.462. The van der Waals surface area contributed by atoms with Gasteiger partial charge in [-0.15, -0.1) is 0 Å². The Morgan fingerprint density at radius 1 is 1.53 bits per heavy atom. The summed E-state index contributed by atoms with van der Waals surface area (Å²) in [5.74, 6) is -0.510. The first-order valence-corrected chi connectivity index (χ1v) is 5.84. The Bertz CT molecular complexity index is 393. The molecule has 17 heavy (non-hydrogen) atoms. The molecule has 1 amide bonds. The van der Waals surface area contributed by atoms with Crippen LogP contribution in [0.2, 0.25) is 0 Å². The number of hydrogen-bond acceptors (Lipinski definition) is 2. The van der Waals surface area contributed by atoms with E-state index < -0.39 is 0 Å². The molecule has 1 unspecified atom stereocenters. The van der Waals surface area contributed by atoms with Crippen LogP contribution in [0, 0.1) is 12.7 Å². The highest BCUT2D eigenvalue weighted by molar-refractivity contribution is 5.94. The van der Waals surface area contributed by atoms with Crippen LogP contribution < -0.4 is 11.1 Å². The lowest BCUT2D eigenvalue weighted by Gasteiger charge is -2.11. The third-order valence-corrected chi connectivity index (χ3v) is 2.60. The Kier molecular flexibility index (Phi) is 5.10. The molecule has 0 fully saturated rings. The summed E-state index contributed by atoms with van der Waals surface area (Å²) in [5.41, 5.74) is 6.72. The molecule has 3 nitrogen and oxygen atoms in total. The highest BCUT2D eigenvalue weighted by Gasteiger charge is 2.09. The highest BCUT2D eigenvalue weighted by Crippen LogP contribution is 2.09. The van der Waals surface area contributed by atoms with E-state index in [9.17, 15) is 9.18 Å². The molecule has 94 valence electrons. The quantitative estimate of drug-likeness (QED) is 0.824. The Labute approximate surface area is 101 Å². The summed E-state index contributed by atoms with van der Waals surface area (Å²) in [6.45, 7) is 4.13. The molecule has 0 saturated carbocycles. The van der Waals surface area contributed by atoms with Gasteiger partial charge < -0.3 is 11.1 Å². The number of hydrogen-bond donors (Lipinski definition) is 2. The van der Waals surface area contributed by atoms with Gasteiger partial charge in [-0.05, 0) is 37.1 Å². The van der Waals surface area contributed by atoms with Gasteiger partial charge in [-0.3, -0.25) is 4.79 Å². The van der Waals surface area contributed by atoms with Crippen LogP contribution in [0.15, 0.2) is 18.2 Å². The first kappa shape index (κ1) is 13.6. The summed E-state index contributed by atoms with van der Waals surface area (Å²) < 4.78 is 13.0. The Balaban J connectivity index is 2.55. The van der Waals surface area contributed by atoms with Gasteiger partial charge >= 0.3 is 0 Å². The monoisotopic (exact) mass is 238 g/mol. The van der Waals surface area contributed by atoms with Crippen molar-refractivity contribution in [2.24, 2.45) is 5.73 Å². The predicted octanol–water partition coefficient (Wildman–Crippen LogP) is 1.99. The topological polar surface area (TPSA) is 55.1 Å². The zero-order chi connectivity index (χ0) is 12.8. The number of nitrogens with one attached hydrogen (secondary N) is 1. The van der Waals surface area contributed by atoms with Crippen LogP contribution >= 0.6 is 0 Å². The maximum absolute atomic E-state index is 13.0. The van der Waals surface area contributed by atoms with E-state index in [0.29, 0.717) is 17.7 Å². The summed E-state index contributed by atoms with van der Waals surface area (Å²) in [4.78, 5) is 11.7. The number of rotatable bonds is 5. The molecule has 1 atom stereocenters. The maximum atomic E-state index is 13.0. The van der Waals surface area contributed by atoms with E-state index in [-0.39, 0.29) is 17.8 Å². The minimum Gasteiger partial charge on any atom is -0.350 e. The second-order valence-corrected chi connectivity index (χ2v) is 4.22. The Hall–Kier alpha value is -1.42. The molecular weight excluding hydrogens is 219 g/mol. The molecule has 0 aromatic heterocycles.